The van der Waals surface area contributed by atoms with Crippen LogP contribution >= 0.6 is 0 Å². The van der Waals surface area contributed by atoms with Crippen molar-refractivity contribution in [1.29, 1.82) is 0 Å². The van der Waals surface area contributed by atoms with Gasteiger partial charge >= 0.3 is 0 Å². The molecule has 3 heteroatoms. The van der Waals surface area contributed by atoms with Crippen molar-refractivity contribution >= 4 is 0 Å². The molecule has 2 aromatic heterocycles. The molecule has 64 valence electrons. The van der Waals surface area contributed by atoms with Gasteiger partial charge < -0.3 is 0 Å². The van der Waals surface area contributed by atoms with Crippen LogP contribution in [-0.2, 0) is 0 Å². The van der Waals surface area contributed by atoms with Gasteiger partial charge in [-0.05, 0) is 18.6 Å². The third-order valence-corrected chi connectivity index (χ3v) is 1.91. The molecular weight excluding hydrogens is 162 g/mol. The van der Waals surface area contributed by atoms with Crippen molar-refractivity contribution in [3.63, 3.8) is 0 Å². The van der Waals surface area contributed by atoms with Crippen LogP contribution in [0.15, 0.2) is 37.2 Å². The Labute approximate surface area is 76.5 Å². The van der Waals surface area contributed by atoms with E-state index in [9.17, 15) is 0 Å². The molecule has 0 bridgehead atoms. The number of hydrogen-bond acceptors (Lipinski definition) is 3. The Hall–Kier alpha value is -1.77. The van der Waals surface area contributed by atoms with E-state index in [1.807, 2.05) is 19.2 Å². The molecule has 0 saturated heterocycles. The molecule has 0 aliphatic rings. The Bertz CT molecular complexity index is 398. The van der Waals surface area contributed by atoms with E-state index in [4.69, 9.17) is 0 Å². The molecule has 0 saturated carbocycles. The van der Waals surface area contributed by atoms with E-state index < -0.39 is 0 Å². The van der Waals surface area contributed by atoms with Crippen LogP contribution in [0.25, 0.3) is 11.1 Å². The summed E-state index contributed by atoms with van der Waals surface area (Å²) in [4.78, 5) is 12.0. The average Bonchev–Trinajstić information content (AvgIpc) is 2.20. The third kappa shape index (κ3) is 1.54. The zero-order chi connectivity index (χ0) is 9.10. The molecule has 0 aromatic carbocycles. The van der Waals surface area contributed by atoms with Gasteiger partial charge in [-0.25, -0.2) is 9.97 Å². The summed E-state index contributed by atoms with van der Waals surface area (Å²) >= 11 is 0. The first kappa shape index (κ1) is 7.86. The van der Waals surface area contributed by atoms with Gasteiger partial charge in [-0.15, -0.1) is 0 Å². The molecule has 2 heterocycles. The van der Waals surface area contributed by atoms with Crippen molar-refractivity contribution in [3.8, 4) is 11.1 Å². The van der Waals surface area contributed by atoms with Gasteiger partial charge in [0, 0.05) is 35.9 Å². The van der Waals surface area contributed by atoms with Gasteiger partial charge in [0.05, 0.1) is 0 Å². The SMILES string of the molecule is Cc1ccncc1-c1cncnc1. The van der Waals surface area contributed by atoms with Crippen LogP contribution in [0.1, 0.15) is 5.56 Å². The van der Waals surface area contributed by atoms with Crippen molar-refractivity contribution in [2.45, 2.75) is 6.92 Å². The first-order valence-electron chi connectivity index (χ1n) is 4.04. The second-order valence-electron chi connectivity index (χ2n) is 2.82. The molecule has 2 aromatic rings. The average molecular weight is 171 g/mol. The molecule has 3 nitrogen and oxygen atoms in total. The molecule has 0 radical (unpaired) electrons. The van der Waals surface area contributed by atoms with Crippen molar-refractivity contribution in [1.82, 2.24) is 15.0 Å². The normalized spacial score (nSPS) is 9.92. The van der Waals surface area contributed by atoms with Gasteiger partial charge in [0.2, 0.25) is 0 Å². The largest absolute Gasteiger partial charge is 0.264 e. The molecule has 0 aliphatic heterocycles. The highest BCUT2D eigenvalue weighted by Gasteiger charge is 2.00. The Morgan fingerprint density at radius 2 is 1.77 bits per heavy atom. The lowest BCUT2D eigenvalue weighted by atomic mass is 10.1. The number of nitrogens with zero attached hydrogens (tertiary/aromatic N) is 3. The molecule has 0 N–H and O–H groups in total. The summed E-state index contributed by atoms with van der Waals surface area (Å²) in [7, 11) is 0. The lowest BCUT2D eigenvalue weighted by Crippen LogP contribution is -1.86. The highest BCUT2D eigenvalue weighted by Crippen LogP contribution is 2.19. The van der Waals surface area contributed by atoms with Crippen molar-refractivity contribution in [3.05, 3.63) is 42.7 Å². The fourth-order valence-electron chi connectivity index (χ4n) is 1.20. The van der Waals surface area contributed by atoms with E-state index in [-0.39, 0.29) is 0 Å². The number of pyridine rings is 1. The maximum absolute atomic E-state index is 4.07. The zero-order valence-electron chi connectivity index (χ0n) is 7.31. The molecular formula is C10H9N3. The van der Waals surface area contributed by atoms with Crippen molar-refractivity contribution in [2.24, 2.45) is 0 Å². The molecule has 0 amide bonds. The smallest absolute Gasteiger partial charge is 0.115 e. The number of aromatic nitrogens is 3. The Morgan fingerprint density at radius 1 is 1.00 bits per heavy atom. The third-order valence-electron chi connectivity index (χ3n) is 1.91. The predicted octanol–water partition coefficient (Wildman–Crippen LogP) is 1.85. The first-order chi connectivity index (χ1) is 6.38. The summed E-state index contributed by atoms with van der Waals surface area (Å²) in [6.45, 7) is 2.05. The molecule has 0 atom stereocenters. The number of aryl methyl sites for hydroxylation is 1. The van der Waals surface area contributed by atoms with Crippen LogP contribution in [0, 0.1) is 6.92 Å². The maximum atomic E-state index is 4.07. The van der Waals surface area contributed by atoms with Crippen molar-refractivity contribution in [2.75, 3.05) is 0 Å². The summed E-state index contributed by atoms with van der Waals surface area (Å²) in [6.07, 6.45) is 8.71. The Balaban J connectivity index is 2.54. The molecule has 0 fully saturated rings. The van der Waals surface area contributed by atoms with Gasteiger partial charge in [0.15, 0.2) is 0 Å². The van der Waals surface area contributed by atoms with E-state index in [2.05, 4.69) is 15.0 Å². The summed E-state index contributed by atoms with van der Waals surface area (Å²) < 4.78 is 0. The number of hydrogen-bond donors (Lipinski definition) is 0. The monoisotopic (exact) mass is 171 g/mol. The fraction of sp³-hybridized carbons (Fsp3) is 0.100. The zero-order valence-corrected chi connectivity index (χ0v) is 7.31. The van der Waals surface area contributed by atoms with E-state index in [0.717, 1.165) is 11.1 Å². The highest BCUT2D eigenvalue weighted by molar-refractivity contribution is 5.63. The fourth-order valence-corrected chi connectivity index (χ4v) is 1.20. The van der Waals surface area contributed by atoms with Crippen LogP contribution in [0.2, 0.25) is 0 Å². The van der Waals surface area contributed by atoms with Crippen LogP contribution in [-0.4, -0.2) is 15.0 Å². The van der Waals surface area contributed by atoms with Crippen molar-refractivity contribution < 1.29 is 0 Å². The molecule has 13 heavy (non-hydrogen) atoms. The second kappa shape index (κ2) is 3.31. The lowest BCUT2D eigenvalue weighted by Gasteiger charge is -2.02. The highest BCUT2D eigenvalue weighted by atomic mass is 14.8. The van der Waals surface area contributed by atoms with E-state index >= 15 is 0 Å². The lowest BCUT2D eigenvalue weighted by molar-refractivity contribution is 1.16. The minimum atomic E-state index is 1.01. The first-order valence-corrected chi connectivity index (χ1v) is 4.04. The standard InChI is InChI=1S/C10H9N3/c1-8-2-3-11-6-10(8)9-4-12-7-13-5-9/h2-7H,1H3. The van der Waals surface area contributed by atoms with Crippen LogP contribution in [0.3, 0.4) is 0 Å². The van der Waals surface area contributed by atoms with Gasteiger partial charge in [0.25, 0.3) is 0 Å². The summed E-state index contributed by atoms with van der Waals surface area (Å²) in [5.41, 5.74) is 3.28. The van der Waals surface area contributed by atoms with E-state index in [1.165, 1.54) is 11.9 Å². The van der Waals surface area contributed by atoms with Gasteiger partial charge in [-0.3, -0.25) is 4.98 Å². The number of rotatable bonds is 1. The summed E-state index contributed by atoms with van der Waals surface area (Å²) in [5, 5.41) is 0. The second-order valence-corrected chi connectivity index (χ2v) is 2.82. The predicted molar refractivity (Wildman–Crippen MR) is 50.0 cm³/mol. The molecule has 2 rings (SSSR count). The Kier molecular flexibility index (Phi) is 2.00. The van der Waals surface area contributed by atoms with Crippen LogP contribution in [0.4, 0.5) is 0 Å². The minimum Gasteiger partial charge on any atom is -0.264 e. The van der Waals surface area contributed by atoms with Gasteiger partial charge in [-0.1, -0.05) is 0 Å². The quantitative estimate of drug-likeness (QED) is 0.657. The van der Waals surface area contributed by atoms with E-state index in [1.54, 1.807) is 18.6 Å². The minimum absolute atomic E-state index is 1.01. The van der Waals surface area contributed by atoms with Crippen LogP contribution < -0.4 is 0 Å². The van der Waals surface area contributed by atoms with E-state index in [0.29, 0.717) is 0 Å². The van der Waals surface area contributed by atoms with Gasteiger partial charge in [0.1, 0.15) is 6.33 Å². The Morgan fingerprint density at radius 3 is 2.46 bits per heavy atom. The topological polar surface area (TPSA) is 38.7 Å². The van der Waals surface area contributed by atoms with Gasteiger partial charge in [-0.2, -0.15) is 0 Å². The summed E-state index contributed by atoms with van der Waals surface area (Å²) in [5.74, 6) is 0. The molecule has 0 unspecified atom stereocenters. The van der Waals surface area contributed by atoms with Crippen LogP contribution in [0.5, 0.6) is 0 Å². The maximum Gasteiger partial charge on any atom is 0.115 e. The molecule has 0 aliphatic carbocycles. The molecule has 0 spiro atoms. The summed E-state index contributed by atoms with van der Waals surface area (Å²) in [6, 6.07) is 1.97.